The molecule has 0 saturated carbocycles. The van der Waals surface area contributed by atoms with Crippen LogP contribution in [0.1, 0.15) is 10.4 Å². The minimum Gasteiger partial charge on any atom is -0.383 e. The van der Waals surface area contributed by atoms with E-state index in [9.17, 15) is 9.59 Å². The molecule has 2 amide bonds. The number of methoxy groups -OCH3 is 1. The van der Waals surface area contributed by atoms with E-state index in [1.54, 1.807) is 18.1 Å². The molecule has 1 aromatic heterocycles. The van der Waals surface area contributed by atoms with Crippen molar-refractivity contribution < 1.29 is 14.3 Å². The second kappa shape index (κ2) is 5.77. The Morgan fingerprint density at radius 3 is 2.90 bits per heavy atom. The maximum atomic E-state index is 12.4. The van der Waals surface area contributed by atoms with Crippen molar-refractivity contribution in [2.75, 3.05) is 39.9 Å². The molecule has 21 heavy (non-hydrogen) atoms. The maximum Gasteiger partial charge on any atom is 0.255 e. The van der Waals surface area contributed by atoms with Crippen molar-refractivity contribution >= 4 is 11.8 Å². The number of carbonyl (C=O) groups is 2. The van der Waals surface area contributed by atoms with Crippen molar-refractivity contribution in [2.45, 2.75) is 0 Å². The number of nitrogens with zero attached hydrogens (tertiary/aromatic N) is 4. The van der Waals surface area contributed by atoms with Gasteiger partial charge in [-0.1, -0.05) is 0 Å². The normalized spacial score (nSPS) is 24.5. The Bertz CT molecular complexity index is 536. The van der Waals surface area contributed by atoms with E-state index < -0.39 is 0 Å². The van der Waals surface area contributed by atoms with Crippen molar-refractivity contribution in [2.24, 2.45) is 11.8 Å². The number of carbonyl (C=O) groups excluding carboxylic acids is 2. The molecule has 0 radical (unpaired) electrons. The Balaban J connectivity index is 1.63. The van der Waals surface area contributed by atoms with Gasteiger partial charge in [0.2, 0.25) is 5.91 Å². The van der Waals surface area contributed by atoms with Crippen LogP contribution in [-0.4, -0.2) is 71.7 Å². The zero-order valence-electron chi connectivity index (χ0n) is 11.9. The second-order valence-corrected chi connectivity index (χ2v) is 5.48. The number of ether oxygens (including phenoxy) is 1. The Labute approximate surface area is 122 Å². The molecule has 0 aromatic carbocycles. The summed E-state index contributed by atoms with van der Waals surface area (Å²) in [4.78, 5) is 28.2. The van der Waals surface area contributed by atoms with Crippen molar-refractivity contribution in [1.82, 2.24) is 20.0 Å². The molecule has 3 rings (SSSR count). The number of hydrogen-bond acceptors (Lipinski definition) is 5. The molecule has 112 valence electrons. The highest BCUT2D eigenvalue weighted by Gasteiger charge is 2.47. The molecule has 7 heteroatoms. The smallest absolute Gasteiger partial charge is 0.255 e. The van der Waals surface area contributed by atoms with Crippen LogP contribution >= 0.6 is 0 Å². The summed E-state index contributed by atoms with van der Waals surface area (Å²) in [6.45, 7) is 3.02. The molecular weight excluding hydrogens is 272 g/mol. The van der Waals surface area contributed by atoms with E-state index in [1.807, 2.05) is 4.90 Å². The lowest BCUT2D eigenvalue weighted by atomic mass is 10.0. The van der Waals surface area contributed by atoms with Gasteiger partial charge in [-0.3, -0.25) is 9.59 Å². The monoisotopic (exact) mass is 290 g/mol. The molecule has 2 fully saturated rings. The van der Waals surface area contributed by atoms with Gasteiger partial charge in [0.05, 0.1) is 30.5 Å². The van der Waals surface area contributed by atoms with E-state index in [-0.39, 0.29) is 23.7 Å². The summed E-state index contributed by atoms with van der Waals surface area (Å²) < 4.78 is 5.02. The minimum absolute atomic E-state index is 0.0689. The van der Waals surface area contributed by atoms with Crippen LogP contribution in [0.15, 0.2) is 18.5 Å². The van der Waals surface area contributed by atoms with Crippen molar-refractivity contribution in [3.8, 4) is 0 Å². The van der Waals surface area contributed by atoms with Gasteiger partial charge in [0.25, 0.3) is 5.91 Å². The van der Waals surface area contributed by atoms with Crippen LogP contribution in [-0.2, 0) is 9.53 Å². The second-order valence-electron chi connectivity index (χ2n) is 5.48. The van der Waals surface area contributed by atoms with Gasteiger partial charge in [-0.2, -0.15) is 10.2 Å². The molecule has 0 N–H and O–H groups in total. The molecule has 3 heterocycles. The van der Waals surface area contributed by atoms with Gasteiger partial charge < -0.3 is 14.5 Å². The first-order chi connectivity index (χ1) is 10.2. The highest BCUT2D eigenvalue weighted by atomic mass is 16.5. The van der Waals surface area contributed by atoms with E-state index in [0.29, 0.717) is 38.3 Å². The lowest BCUT2D eigenvalue weighted by Gasteiger charge is -2.21. The van der Waals surface area contributed by atoms with Gasteiger partial charge >= 0.3 is 0 Å². The van der Waals surface area contributed by atoms with Crippen molar-refractivity contribution in [1.29, 1.82) is 0 Å². The summed E-state index contributed by atoms with van der Waals surface area (Å²) in [5.74, 6) is 0.226. The predicted octanol–water partition coefficient (Wildman–Crippen LogP) is -0.347. The third-order valence-corrected chi connectivity index (χ3v) is 4.21. The Kier molecular flexibility index (Phi) is 3.83. The highest BCUT2D eigenvalue weighted by molar-refractivity contribution is 5.95. The van der Waals surface area contributed by atoms with Crippen molar-refractivity contribution in [3.05, 3.63) is 24.0 Å². The summed E-state index contributed by atoms with van der Waals surface area (Å²) in [7, 11) is 1.63. The number of likely N-dealkylation sites (tertiary alicyclic amines) is 2. The minimum atomic E-state index is -0.0736. The number of fused-ring (bicyclic) bond motifs is 1. The van der Waals surface area contributed by atoms with E-state index in [4.69, 9.17) is 4.74 Å². The van der Waals surface area contributed by atoms with Crippen LogP contribution in [0.5, 0.6) is 0 Å². The van der Waals surface area contributed by atoms with Crippen LogP contribution in [0, 0.1) is 11.8 Å². The maximum absolute atomic E-state index is 12.4. The topological polar surface area (TPSA) is 75.6 Å². The highest BCUT2D eigenvalue weighted by Crippen LogP contribution is 2.32. The van der Waals surface area contributed by atoms with Crippen LogP contribution in [0.3, 0.4) is 0 Å². The summed E-state index contributed by atoms with van der Waals surface area (Å²) >= 11 is 0. The SMILES string of the molecule is COCCN1C[C@@H]2CN(C(=O)c3ccnnc3)C[C@@H]2C1=O. The fourth-order valence-electron chi connectivity index (χ4n) is 3.11. The first-order valence-corrected chi connectivity index (χ1v) is 7.04. The van der Waals surface area contributed by atoms with E-state index in [1.165, 1.54) is 12.4 Å². The van der Waals surface area contributed by atoms with Gasteiger partial charge in [-0.25, -0.2) is 0 Å². The average molecular weight is 290 g/mol. The largest absolute Gasteiger partial charge is 0.383 e. The molecule has 2 aliphatic rings. The molecule has 2 aliphatic heterocycles. The Morgan fingerprint density at radius 1 is 1.38 bits per heavy atom. The summed E-state index contributed by atoms with van der Waals surface area (Å²) in [5, 5.41) is 7.39. The fourth-order valence-corrected chi connectivity index (χ4v) is 3.11. The Morgan fingerprint density at radius 2 is 2.24 bits per heavy atom. The third kappa shape index (κ3) is 2.61. The molecular formula is C14H18N4O3. The summed E-state index contributed by atoms with van der Waals surface area (Å²) in [6.07, 6.45) is 2.96. The van der Waals surface area contributed by atoms with E-state index >= 15 is 0 Å². The van der Waals surface area contributed by atoms with Gasteiger partial charge in [0.15, 0.2) is 0 Å². The van der Waals surface area contributed by atoms with Crippen LogP contribution < -0.4 is 0 Å². The molecule has 7 nitrogen and oxygen atoms in total. The van der Waals surface area contributed by atoms with Crippen LogP contribution in [0.2, 0.25) is 0 Å². The summed E-state index contributed by atoms with van der Waals surface area (Å²) in [6, 6.07) is 1.65. The predicted molar refractivity (Wildman–Crippen MR) is 73.4 cm³/mol. The number of amides is 2. The zero-order valence-corrected chi connectivity index (χ0v) is 11.9. The van der Waals surface area contributed by atoms with E-state index in [2.05, 4.69) is 10.2 Å². The fraction of sp³-hybridized carbons (Fsp3) is 0.571. The van der Waals surface area contributed by atoms with Gasteiger partial charge in [-0.15, -0.1) is 0 Å². The first-order valence-electron chi connectivity index (χ1n) is 7.04. The van der Waals surface area contributed by atoms with E-state index in [0.717, 1.165) is 0 Å². The standard InChI is InChI=1S/C14H18N4O3/c1-21-5-4-17-7-11-8-18(9-12(11)14(17)20)13(19)10-2-3-15-16-6-10/h2-3,6,11-12H,4-5,7-9H2,1H3/t11-,12+/m1/s1. The molecule has 0 spiro atoms. The lowest BCUT2D eigenvalue weighted by Crippen LogP contribution is -2.37. The number of rotatable bonds is 4. The van der Waals surface area contributed by atoms with Gasteiger partial charge in [0.1, 0.15) is 0 Å². The first kappa shape index (κ1) is 13.9. The quantitative estimate of drug-likeness (QED) is 0.758. The molecule has 2 saturated heterocycles. The molecule has 2 atom stereocenters. The summed E-state index contributed by atoms with van der Waals surface area (Å²) in [5.41, 5.74) is 0.522. The molecule has 1 aromatic rings. The van der Waals surface area contributed by atoms with Gasteiger partial charge in [0, 0.05) is 39.2 Å². The zero-order chi connectivity index (χ0) is 14.8. The molecule has 0 aliphatic carbocycles. The number of hydrogen-bond donors (Lipinski definition) is 0. The van der Waals surface area contributed by atoms with Crippen LogP contribution in [0.25, 0.3) is 0 Å². The van der Waals surface area contributed by atoms with Gasteiger partial charge in [-0.05, 0) is 6.07 Å². The number of aromatic nitrogens is 2. The average Bonchev–Trinajstić information content (AvgIpc) is 3.05. The molecule has 0 unspecified atom stereocenters. The van der Waals surface area contributed by atoms with Crippen LogP contribution in [0.4, 0.5) is 0 Å². The lowest BCUT2D eigenvalue weighted by molar-refractivity contribution is -0.131. The van der Waals surface area contributed by atoms with Crippen molar-refractivity contribution in [3.63, 3.8) is 0 Å². The molecule has 0 bridgehead atoms. The third-order valence-electron chi connectivity index (χ3n) is 4.21. The Hall–Kier alpha value is -2.02.